The van der Waals surface area contributed by atoms with Gasteiger partial charge in [0.05, 0.1) is 4.90 Å². The minimum Gasteiger partial charge on any atom is -0.387 e. The predicted octanol–water partition coefficient (Wildman–Crippen LogP) is 12.0. The summed E-state index contributed by atoms with van der Waals surface area (Å²) in [5.74, 6) is 0.911. The third kappa shape index (κ3) is 14.4. The van der Waals surface area contributed by atoms with Crippen molar-refractivity contribution in [3.8, 4) is 0 Å². The van der Waals surface area contributed by atoms with Gasteiger partial charge in [0, 0.05) is 83.4 Å². The van der Waals surface area contributed by atoms with E-state index < -0.39 is 22.4 Å². The van der Waals surface area contributed by atoms with Crippen molar-refractivity contribution in [1.29, 1.82) is 0 Å². The van der Waals surface area contributed by atoms with Crippen molar-refractivity contribution in [1.82, 2.24) is 9.62 Å². The lowest BCUT2D eigenvalue weighted by Gasteiger charge is -2.40. The van der Waals surface area contributed by atoms with Gasteiger partial charge in [0.2, 0.25) is 0 Å². The number of ketones is 1. The van der Waals surface area contributed by atoms with Crippen LogP contribution in [0.3, 0.4) is 0 Å². The minimum atomic E-state index is -4.52. The molecule has 0 saturated carbocycles. The fraction of sp³-hybridized carbons (Fsp3) is 0.391. The lowest BCUT2D eigenvalue weighted by Crippen LogP contribution is -2.47. The molecule has 2 atom stereocenters. The van der Waals surface area contributed by atoms with Crippen molar-refractivity contribution >= 4 is 74.7 Å². The molecule has 0 radical (unpaired) electrons. The molecule has 60 heavy (non-hydrogen) atoms. The molecule has 2 N–H and O–H groups in total. The molecule has 1 saturated heterocycles. The molecule has 0 spiro atoms. The largest absolute Gasteiger partial charge is 0.446 e. The van der Waals surface area contributed by atoms with E-state index in [1.807, 2.05) is 48.2 Å². The molecule has 3 aromatic carbocycles. The first-order valence-corrected chi connectivity index (χ1v) is 23.4. The molecule has 7 nitrogen and oxygen atoms in total. The summed E-state index contributed by atoms with van der Waals surface area (Å²) in [6.07, 6.45) is 10.8. The second kappa shape index (κ2) is 23.5. The highest BCUT2D eigenvalue weighted by molar-refractivity contribution is 8.03. The van der Waals surface area contributed by atoms with E-state index in [1.54, 1.807) is 18.2 Å². The van der Waals surface area contributed by atoms with Crippen LogP contribution in [0.25, 0.3) is 5.57 Å². The van der Waals surface area contributed by atoms with Gasteiger partial charge >= 0.3 is 5.51 Å². The summed E-state index contributed by atoms with van der Waals surface area (Å²) in [6.45, 7) is 17.7. The van der Waals surface area contributed by atoms with E-state index in [0.29, 0.717) is 17.2 Å². The number of benzene rings is 3. The monoisotopic (exact) mass is 900 g/mol. The summed E-state index contributed by atoms with van der Waals surface area (Å²) in [5, 5.41) is 3.39. The predicted molar refractivity (Wildman–Crippen MR) is 248 cm³/mol. The molecule has 1 amide bonds. The first-order chi connectivity index (χ1) is 28.6. The molecule has 1 fully saturated rings. The smallest absolute Gasteiger partial charge is 0.387 e. The fourth-order valence-electron chi connectivity index (χ4n) is 7.17. The second-order valence-electron chi connectivity index (χ2n) is 14.8. The number of alkyl halides is 3. The van der Waals surface area contributed by atoms with Crippen LogP contribution in [0, 0.1) is 5.41 Å². The van der Waals surface area contributed by atoms with E-state index >= 15 is 0 Å². The Morgan fingerprint density at radius 2 is 1.67 bits per heavy atom. The molecule has 0 bridgehead atoms. The number of nitrogens with one attached hydrogen (secondary N) is 2. The van der Waals surface area contributed by atoms with Crippen LogP contribution in [0.15, 0.2) is 118 Å². The Labute approximate surface area is 369 Å². The molecule has 1 aliphatic heterocycles. The normalized spacial score (nSPS) is 17.9. The van der Waals surface area contributed by atoms with E-state index in [-0.39, 0.29) is 38.2 Å². The second-order valence-corrected chi connectivity index (χ2v) is 18.7. The third-order valence-corrected chi connectivity index (χ3v) is 13.7. The first-order valence-electron chi connectivity index (χ1n) is 20.1. The number of carbonyl (C=O) groups is 2. The van der Waals surface area contributed by atoms with Gasteiger partial charge in [-0.25, -0.2) is 4.21 Å². The van der Waals surface area contributed by atoms with Gasteiger partial charge in [-0.15, -0.1) is 11.8 Å². The molecule has 3 aromatic rings. The zero-order valence-electron chi connectivity index (χ0n) is 34.8. The number of halogens is 4. The Hall–Kier alpha value is -3.75. The molecule has 324 valence electrons. The Morgan fingerprint density at radius 3 is 2.25 bits per heavy atom. The number of hydrogen-bond donors (Lipinski definition) is 2. The summed E-state index contributed by atoms with van der Waals surface area (Å²) < 4.78 is 54.3. The minimum absolute atomic E-state index is 0.0556. The van der Waals surface area contributed by atoms with Gasteiger partial charge in [0.25, 0.3) is 5.91 Å². The van der Waals surface area contributed by atoms with Crippen molar-refractivity contribution < 1.29 is 27.0 Å². The zero-order chi connectivity index (χ0) is 43.9. The van der Waals surface area contributed by atoms with Crippen LogP contribution in [-0.4, -0.2) is 71.8 Å². The van der Waals surface area contributed by atoms with E-state index in [0.717, 1.165) is 81.5 Å². The average Bonchev–Trinajstić information content (AvgIpc) is 3.23. The Kier molecular flexibility index (Phi) is 19.1. The summed E-state index contributed by atoms with van der Waals surface area (Å²) in [4.78, 5) is 31.9. The number of Topliss-reactive ketones (excluding diaryl/α,β-unsaturated/α-hetero) is 1. The maximum atomic E-state index is 13.2. The average molecular weight is 902 g/mol. The maximum Gasteiger partial charge on any atom is 0.446 e. The maximum absolute atomic E-state index is 13.2. The molecule has 0 aromatic heterocycles. The van der Waals surface area contributed by atoms with Gasteiger partial charge in [-0.1, -0.05) is 75.4 Å². The Morgan fingerprint density at radius 1 is 0.983 bits per heavy atom. The van der Waals surface area contributed by atoms with E-state index in [4.69, 9.17) is 11.6 Å². The van der Waals surface area contributed by atoms with Crippen LogP contribution in [0.2, 0.25) is 5.02 Å². The standard InChI is InChI=1S/C37H42ClF3N4O3S2.C9H14S/c1-4-5-34(46)36(2)17-16-31(25-6-10-28(38)11-7-25)27(23-36)24-44-18-20-45(21-19-44)29-12-8-26(9-13-29)35(47)43-50(48)30-14-15-32(42-3)33(22-30)49-37(39,40)41;1-4-7-9(6-3)10-8-5-2/h6-15,22,42H,4-5,16-21,23-24H2,1-3H3,(H,43,47);4,6-7H,1,3,5,8H2,2H3/b;9-7+. The number of amides is 1. The molecule has 1 aliphatic carbocycles. The van der Waals surface area contributed by atoms with Crippen LogP contribution in [0.4, 0.5) is 24.5 Å². The van der Waals surface area contributed by atoms with Crippen molar-refractivity contribution in [2.24, 2.45) is 5.41 Å². The number of rotatable bonds is 17. The van der Waals surface area contributed by atoms with Crippen LogP contribution >= 0.6 is 35.1 Å². The Balaban J connectivity index is 0.000000703. The quantitative estimate of drug-likeness (QED) is 0.102. The summed E-state index contributed by atoms with van der Waals surface area (Å²) >= 11 is 7.69. The number of nitrogens with zero attached hydrogens (tertiary/aromatic N) is 2. The van der Waals surface area contributed by atoms with Gasteiger partial charge in [-0.05, 0) is 121 Å². The van der Waals surface area contributed by atoms with E-state index in [9.17, 15) is 27.0 Å². The first kappa shape index (κ1) is 48.9. The highest BCUT2D eigenvalue weighted by Crippen LogP contribution is 2.45. The number of anilines is 2. The Bertz CT molecular complexity index is 2030. The third-order valence-electron chi connectivity index (χ3n) is 10.4. The van der Waals surface area contributed by atoms with Crippen LogP contribution in [0.1, 0.15) is 75.2 Å². The van der Waals surface area contributed by atoms with Gasteiger partial charge in [-0.2, -0.15) is 13.2 Å². The summed E-state index contributed by atoms with van der Waals surface area (Å²) in [7, 11) is -0.558. The van der Waals surface area contributed by atoms with Crippen molar-refractivity contribution in [2.75, 3.05) is 55.7 Å². The van der Waals surface area contributed by atoms with Gasteiger partial charge in [-0.3, -0.25) is 19.2 Å². The number of allylic oxidation sites excluding steroid dienone is 4. The SMILES string of the molecule is C=C/C=C(\C=C)SCCC.CCCC(=O)C1(C)CCC(c2ccc(Cl)cc2)=C(CN2CCN(c3ccc(C(=O)NS(=O)c4ccc(NC)c(SC(F)(F)F)c4)cc3)CC2)C1. The lowest BCUT2D eigenvalue weighted by molar-refractivity contribution is -0.128. The van der Waals surface area contributed by atoms with Gasteiger partial charge in [0.15, 0.2) is 11.0 Å². The number of carbonyl (C=O) groups excluding carboxylic acids is 2. The van der Waals surface area contributed by atoms with Crippen molar-refractivity contribution in [3.63, 3.8) is 0 Å². The summed E-state index contributed by atoms with van der Waals surface area (Å²) in [5.41, 5.74) is 0.416. The summed E-state index contributed by atoms with van der Waals surface area (Å²) in [6, 6.07) is 19.0. The fourth-order valence-corrected chi connectivity index (χ4v) is 9.65. The van der Waals surface area contributed by atoms with Crippen LogP contribution in [0.5, 0.6) is 0 Å². The molecular formula is C46H56ClF3N4O3S3. The van der Waals surface area contributed by atoms with Gasteiger partial charge in [0.1, 0.15) is 5.78 Å². The molecule has 14 heteroatoms. The van der Waals surface area contributed by atoms with Crippen LogP contribution in [-0.2, 0) is 15.8 Å². The van der Waals surface area contributed by atoms with Crippen molar-refractivity contribution in [3.05, 3.63) is 125 Å². The number of thioether (sulfide) groups is 2. The molecule has 2 aliphatic rings. The van der Waals surface area contributed by atoms with E-state index in [1.165, 1.54) is 41.7 Å². The highest BCUT2D eigenvalue weighted by atomic mass is 35.5. The number of hydrogen-bond acceptors (Lipinski definition) is 8. The van der Waals surface area contributed by atoms with Crippen LogP contribution < -0.4 is 14.9 Å². The topological polar surface area (TPSA) is 81.8 Å². The van der Waals surface area contributed by atoms with Gasteiger partial charge < -0.3 is 10.2 Å². The number of piperazine rings is 1. The lowest BCUT2D eigenvalue weighted by atomic mass is 9.68. The molecule has 5 rings (SSSR count). The highest BCUT2D eigenvalue weighted by Gasteiger charge is 2.38. The molecular weight excluding hydrogens is 845 g/mol. The van der Waals surface area contributed by atoms with Crippen molar-refractivity contribution in [2.45, 2.75) is 74.6 Å². The van der Waals surface area contributed by atoms with E-state index in [2.05, 4.69) is 65.9 Å². The zero-order valence-corrected chi connectivity index (χ0v) is 38.0. The molecule has 1 heterocycles. The molecule has 2 unspecified atom stereocenters.